The molecule has 0 aromatic carbocycles. The minimum atomic E-state index is 0. The van der Waals surface area contributed by atoms with E-state index in [2.05, 4.69) is 66.2 Å². The number of rotatable bonds is 6. The SMILES string of the molecule is CCNC(=NCc1cccs1)NCCc1nc(C(C)(C)C)cs1.I. The van der Waals surface area contributed by atoms with Crippen LogP contribution in [0.25, 0.3) is 0 Å². The van der Waals surface area contributed by atoms with Gasteiger partial charge in [0.15, 0.2) is 5.96 Å². The zero-order chi connectivity index (χ0) is 16.7. The second-order valence-corrected chi connectivity index (χ2v) is 8.30. The normalized spacial score (nSPS) is 11.9. The van der Waals surface area contributed by atoms with Crippen LogP contribution in [-0.4, -0.2) is 24.0 Å². The number of halogens is 1. The molecule has 7 heteroatoms. The summed E-state index contributed by atoms with van der Waals surface area (Å²) >= 11 is 3.48. The number of hydrogen-bond acceptors (Lipinski definition) is 4. The van der Waals surface area contributed by atoms with E-state index in [1.54, 1.807) is 22.7 Å². The van der Waals surface area contributed by atoms with Crippen molar-refractivity contribution < 1.29 is 0 Å². The molecule has 134 valence electrons. The van der Waals surface area contributed by atoms with Gasteiger partial charge in [-0.25, -0.2) is 9.98 Å². The summed E-state index contributed by atoms with van der Waals surface area (Å²) in [5.41, 5.74) is 1.30. The van der Waals surface area contributed by atoms with Gasteiger partial charge in [0.1, 0.15) is 0 Å². The fourth-order valence-corrected chi connectivity index (χ4v) is 3.61. The molecule has 24 heavy (non-hydrogen) atoms. The molecule has 2 aromatic rings. The van der Waals surface area contributed by atoms with E-state index < -0.39 is 0 Å². The quantitative estimate of drug-likeness (QED) is 0.367. The topological polar surface area (TPSA) is 49.3 Å². The fraction of sp³-hybridized carbons (Fsp3) is 0.529. The number of hydrogen-bond donors (Lipinski definition) is 2. The monoisotopic (exact) mass is 478 g/mol. The van der Waals surface area contributed by atoms with Gasteiger partial charge in [0.2, 0.25) is 0 Å². The molecule has 0 bridgehead atoms. The summed E-state index contributed by atoms with van der Waals surface area (Å²) in [5.74, 6) is 0.869. The van der Waals surface area contributed by atoms with E-state index in [-0.39, 0.29) is 29.4 Å². The minimum absolute atomic E-state index is 0. The van der Waals surface area contributed by atoms with E-state index in [1.165, 1.54) is 15.6 Å². The third-order valence-electron chi connectivity index (χ3n) is 3.27. The molecule has 0 spiro atoms. The Labute approximate surface area is 170 Å². The van der Waals surface area contributed by atoms with E-state index in [0.717, 1.165) is 32.0 Å². The Morgan fingerprint density at radius 1 is 1.25 bits per heavy atom. The first kappa shape index (κ1) is 21.4. The van der Waals surface area contributed by atoms with E-state index in [0.29, 0.717) is 0 Å². The number of guanidine groups is 1. The first-order valence-corrected chi connectivity index (χ1v) is 9.74. The standard InChI is InChI=1S/C17H26N4S2.HI/c1-5-18-16(20-11-13-7-6-10-22-13)19-9-8-15-21-14(12-23-15)17(2,3)4;/h6-7,10,12H,5,8-9,11H2,1-4H3,(H2,18,19,20);1H. The maximum atomic E-state index is 4.73. The fourth-order valence-electron chi connectivity index (χ4n) is 1.96. The lowest BCUT2D eigenvalue weighted by atomic mass is 9.93. The number of nitrogens with one attached hydrogen (secondary N) is 2. The number of thiazole rings is 1. The maximum Gasteiger partial charge on any atom is 0.191 e. The van der Waals surface area contributed by atoms with Crippen molar-refractivity contribution in [2.24, 2.45) is 4.99 Å². The average Bonchev–Trinajstić information content (AvgIpc) is 3.15. The smallest absolute Gasteiger partial charge is 0.191 e. The van der Waals surface area contributed by atoms with Crippen LogP contribution in [0.15, 0.2) is 27.9 Å². The summed E-state index contributed by atoms with van der Waals surface area (Å²) in [7, 11) is 0. The van der Waals surface area contributed by atoms with Gasteiger partial charge in [0, 0.05) is 35.2 Å². The molecule has 0 radical (unpaired) electrons. The van der Waals surface area contributed by atoms with E-state index >= 15 is 0 Å². The molecule has 0 saturated heterocycles. The van der Waals surface area contributed by atoms with Gasteiger partial charge in [-0.15, -0.1) is 46.7 Å². The van der Waals surface area contributed by atoms with Crippen molar-refractivity contribution in [1.29, 1.82) is 0 Å². The summed E-state index contributed by atoms with van der Waals surface area (Å²) in [5, 5.41) is 12.1. The van der Waals surface area contributed by atoms with Crippen LogP contribution in [-0.2, 0) is 18.4 Å². The Morgan fingerprint density at radius 2 is 2.04 bits per heavy atom. The highest BCUT2D eigenvalue weighted by molar-refractivity contribution is 14.0. The van der Waals surface area contributed by atoms with Crippen molar-refractivity contribution in [3.63, 3.8) is 0 Å². The Hall–Kier alpha value is -0.670. The maximum absolute atomic E-state index is 4.73. The van der Waals surface area contributed by atoms with Gasteiger partial charge in [-0.05, 0) is 18.4 Å². The Morgan fingerprint density at radius 3 is 2.62 bits per heavy atom. The Bertz CT molecular complexity index is 615. The summed E-state index contributed by atoms with van der Waals surface area (Å²) in [4.78, 5) is 10.6. The molecular weight excluding hydrogens is 451 g/mol. The van der Waals surface area contributed by atoms with Gasteiger partial charge >= 0.3 is 0 Å². The zero-order valence-electron chi connectivity index (χ0n) is 14.8. The number of nitrogens with zero attached hydrogens (tertiary/aromatic N) is 2. The zero-order valence-corrected chi connectivity index (χ0v) is 18.7. The van der Waals surface area contributed by atoms with Crippen LogP contribution < -0.4 is 10.6 Å². The van der Waals surface area contributed by atoms with Crippen molar-refractivity contribution in [3.8, 4) is 0 Å². The number of thiophene rings is 1. The van der Waals surface area contributed by atoms with Crippen LogP contribution in [0.5, 0.6) is 0 Å². The highest BCUT2D eigenvalue weighted by Crippen LogP contribution is 2.23. The Kier molecular flexibility index (Phi) is 9.22. The molecule has 0 aliphatic carbocycles. The average molecular weight is 478 g/mol. The molecule has 0 amide bonds. The van der Waals surface area contributed by atoms with Gasteiger partial charge in [0.25, 0.3) is 0 Å². The third kappa shape index (κ3) is 7.06. The Balaban J connectivity index is 0.00000288. The van der Waals surface area contributed by atoms with Crippen molar-refractivity contribution in [2.75, 3.05) is 13.1 Å². The van der Waals surface area contributed by atoms with Crippen LogP contribution >= 0.6 is 46.7 Å². The number of aromatic nitrogens is 1. The molecule has 2 aromatic heterocycles. The van der Waals surface area contributed by atoms with Gasteiger partial charge in [-0.1, -0.05) is 26.8 Å². The predicted molar refractivity (Wildman–Crippen MR) is 117 cm³/mol. The van der Waals surface area contributed by atoms with Crippen molar-refractivity contribution in [3.05, 3.63) is 38.5 Å². The van der Waals surface area contributed by atoms with E-state index in [9.17, 15) is 0 Å². The van der Waals surface area contributed by atoms with Crippen molar-refractivity contribution in [2.45, 2.75) is 46.1 Å². The highest BCUT2D eigenvalue weighted by atomic mass is 127. The molecular formula is C17H27IN4S2. The molecule has 0 unspecified atom stereocenters. The molecule has 2 heterocycles. The second kappa shape index (κ2) is 10.4. The highest BCUT2D eigenvalue weighted by Gasteiger charge is 2.17. The second-order valence-electron chi connectivity index (χ2n) is 6.33. The molecule has 0 aliphatic rings. The van der Waals surface area contributed by atoms with Gasteiger partial charge in [-0.2, -0.15) is 0 Å². The molecule has 0 saturated carbocycles. The lowest BCUT2D eigenvalue weighted by Gasteiger charge is -2.14. The lowest BCUT2D eigenvalue weighted by molar-refractivity contribution is 0.570. The van der Waals surface area contributed by atoms with Gasteiger partial charge < -0.3 is 10.6 Å². The minimum Gasteiger partial charge on any atom is -0.357 e. The molecule has 0 atom stereocenters. The van der Waals surface area contributed by atoms with Gasteiger partial charge in [0.05, 0.1) is 17.2 Å². The molecule has 2 rings (SSSR count). The van der Waals surface area contributed by atoms with E-state index in [4.69, 9.17) is 4.98 Å². The van der Waals surface area contributed by atoms with Crippen LogP contribution in [0, 0.1) is 0 Å². The van der Waals surface area contributed by atoms with Crippen LogP contribution in [0.3, 0.4) is 0 Å². The summed E-state index contributed by atoms with van der Waals surface area (Å²) in [6.07, 6.45) is 0.921. The third-order valence-corrected chi connectivity index (χ3v) is 5.04. The largest absolute Gasteiger partial charge is 0.357 e. The first-order valence-electron chi connectivity index (χ1n) is 7.98. The molecule has 0 fully saturated rings. The molecule has 2 N–H and O–H groups in total. The molecule has 0 aliphatic heterocycles. The summed E-state index contributed by atoms with van der Waals surface area (Å²) in [6, 6.07) is 4.17. The van der Waals surface area contributed by atoms with Gasteiger partial charge in [-0.3, -0.25) is 0 Å². The van der Waals surface area contributed by atoms with E-state index in [1.807, 2.05) is 0 Å². The predicted octanol–water partition coefficient (Wildman–Crippen LogP) is 4.42. The van der Waals surface area contributed by atoms with Crippen LogP contribution in [0.4, 0.5) is 0 Å². The number of aliphatic imine (C=N–C) groups is 1. The first-order chi connectivity index (χ1) is 11.0. The van der Waals surface area contributed by atoms with Crippen molar-refractivity contribution >= 4 is 52.6 Å². The van der Waals surface area contributed by atoms with Crippen LogP contribution in [0.1, 0.15) is 43.3 Å². The van der Waals surface area contributed by atoms with Crippen molar-refractivity contribution in [1.82, 2.24) is 15.6 Å². The summed E-state index contributed by atoms with van der Waals surface area (Å²) in [6.45, 7) is 11.1. The lowest BCUT2D eigenvalue weighted by Crippen LogP contribution is -2.38. The summed E-state index contributed by atoms with van der Waals surface area (Å²) < 4.78 is 0. The van der Waals surface area contributed by atoms with Crippen LogP contribution in [0.2, 0.25) is 0 Å². The molecule has 4 nitrogen and oxygen atoms in total.